The van der Waals surface area contributed by atoms with Crippen LogP contribution in [-0.2, 0) is 9.47 Å². The second kappa shape index (κ2) is 5.10. The number of rotatable bonds is 5. The monoisotopic (exact) mass is 202 g/mol. The van der Waals surface area contributed by atoms with Crippen LogP contribution in [0.2, 0.25) is 0 Å². The lowest BCUT2D eigenvalue weighted by atomic mass is 9.99. The van der Waals surface area contributed by atoms with Gasteiger partial charge in [-0.05, 0) is 20.3 Å². The highest BCUT2D eigenvalue weighted by molar-refractivity contribution is 4.85. The average Bonchev–Trinajstić information content (AvgIpc) is 2.52. The number of unbranched alkanes of at least 4 members (excludes halogenated alkanes) is 1. The van der Waals surface area contributed by atoms with Crippen molar-refractivity contribution in [2.45, 2.75) is 57.8 Å². The van der Waals surface area contributed by atoms with Crippen molar-refractivity contribution in [2.24, 2.45) is 0 Å². The minimum absolute atomic E-state index is 0.0749. The van der Waals surface area contributed by atoms with E-state index in [4.69, 9.17) is 9.47 Å². The van der Waals surface area contributed by atoms with Gasteiger partial charge in [0.15, 0.2) is 0 Å². The molecule has 1 saturated heterocycles. The van der Waals surface area contributed by atoms with Crippen molar-refractivity contribution in [2.75, 3.05) is 13.2 Å². The van der Waals surface area contributed by atoms with Gasteiger partial charge in [0.1, 0.15) is 0 Å². The van der Waals surface area contributed by atoms with Crippen molar-refractivity contribution in [1.82, 2.24) is 0 Å². The van der Waals surface area contributed by atoms with Gasteiger partial charge < -0.3 is 14.6 Å². The molecule has 2 atom stereocenters. The zero-order valence-corrected chi connectivity index (χ0v) is 9.45. The zero-order valence-electron chi connectivity index (χ0n) is 9.45. The summed E-state index contributed by atoms with van der Waals surface area (Å²) in [7, 11) is 0. The fraction of sp³-hybridized carbons (Fsp3) is 1.00. The Hall–Kier alpha value is -0.120. The molecule has 1 heterocycles. The molecule has 3 heteroatoms. The Balaban J connectivity index is 2.21. The molecule has 3 nitrogen and oxygen atoms in total. The Labute approximate surface area is 86.4 Å². The van der Waals surface area contributed by atoms with Crippen molar-refractivity contribution in [3.63, 3.8) is 0 Å². The van der Waals surface area contributed by atoms with Gasteiger partial charge in [-0.3, -0.25) is 0 Å². The van der Waals surface area contributed by atoms with Gasteiger partial charge in [0, 0.05) is 13.0 Å². The van der Waals surface area contributed by atoms with Crippen LogP contribution in [-0.4, -0.2) is 36.1 Å². The van der Waals surface area contributed by atoms with E-state index in [1.54, 1.807) is 13.8 Å². The third-order valence-corrected chi connectivity index (χ3v) is 2.60. The van der Waals surface area contributed by atoms with Crippen LogP contribution in [0.5, 0.6) is 0 Å². The maximum absolute atomic E-state index is 9.73. The smallest absolute Gasteiger partial charge is 0.0883 e. The first-order valence-electron chi connectivity index (χ1n) is 5.49. The SMILES string of the molecule is CCCCO[C@@H]1CO[C@H](C(C)(C)O)C1. The molecule has 0 aromatic rings. The molecule has 0 bridgehead atoms. The highest BCUT2D eigenvalue weighted by Crippen LogP contribution is 2.25. The summed E-state index contributed by atoms with van der Waals surface area (Å²) in [5.41, 5.74) is -0.747. The summed E-state index contributed by atoms with van der Waals surface area (Å²) < 4.78 is 11.1. The van der Waals surface area contributed by atoms with Crippen LogP contribution in [0.15, 0.2) is 0 Å². The Bertz CT molecular complexity index is 162. The van der Waals surface area contributed by atoms with Gasteiger partial charge in [-0.1, -0.05) is 13.3 Å². The molecule has 0 amide bonds. The van der Waals surface area contributed by atoms with Gasteiger partial charge in [-0.25, -0.2) is 0 Å². The number of ether oxygens (including phenoxy) is 2. The molecule has 0 aromatic heterocycles. The minimum atomic E-state index is -0.747. The molecule has 1 N–H and O–H groups in total. The first-order valence-corrected chi connectivity index (χ1v) is 5.49. The van der Waals surface area contributed by atoms with Gasteiger partial charge >= 0.3 is 0 Å². The zero-order chi connectivity index (χ0) is 10.6. The van der Waals surface area contributed by atoms with Gasteiger partial charge in [0.2, 0.25) is 0 Å². The molecular formula is C11H22O3. The first-order chi connectivity index (χ1) is 6.54. The van der Waals surface area contributed by atoms with E-state index in [9.17, 15) is 5.11 Å². The van der Waals surface area contributed by atoms with Crippen LogP contribution >= 0.6 is 0 Å². The second-order valence-corrected chi connectivity index (χ2v) is 4.56. The standard InChI is InChI=1S/C11H22O3/c1-4-5-6-13-9-7-10(14-8-9)11(2,3)12/h9-10,12H,4-8H2,1-3H3/t9-,10-/m0/s1. The van der Waals surface area contributed by atoms with E-state index < -0.39 is 5.60 Å². The predicted octanol–water partition coefficient (Wildman–Crippen LogP) is 1.73. The molecule has 1 aliphatic rings. The highest BCUT2D eigenvalue weighted by Gasteiger charge is 2.36. The van der Waals surface area contributed by atoms with Crippen molar-refractivity contribution in [3.8, 4) is 0 Å². The van der Waals surface area contributed by atoms with Crippen LogP contribution in [0.25, 0.3) is 0 Å². The lowest BCUT2D eigenvalue weighted by Gasteiger charge is -2.24. The first kappa shape index (κ1) is 12.0. The summed E-state index contributed by atoms with van der Waals surface area (Å²) >= 11 is 0. The quantitative estimate of drug-likeness (QED) is 0.690. The molecule has 0 radical (unpaired) electrons. The highest BCUT2D eigenvalue weighted by atomic mass is 16.6. The van der Waals surface area contributed by atoms with E-state index in [1.165, 1.54) is 0 Å². The predicted molar refractivity (Wildman–Crippen MR) is 55.3 cm³/mol. The summed E-state index contributed by atoms with van der Waals surface area (Å²) in [6, 6.07) is 0. The molecule has 0 aliphatic carbocycles. The maximum atomic E-state index is 9.73. The fourth-order valence-electron chi connectivity index (χ4n) is 1.60. The van der Waals surface area contributed by atoms with Crippen LogP contribution in [0.1, 0.15) is 40.0 Å². The minimum Gasteiger partial charge on any atom is -0.388 e. The molecule has 84 valence electrons. The second-order valence-electron chi connectivity index (χ2n) is 4.56. The van der Waals surface area contributed by atoms with Crippen molar-refractivity contribution < 1.29 is 14.6 Å². The number of hydrogen-bond donors (Lipinski definition) is 1. The molecule has 1 aliphatic heterocycles. The number of hydrogen-bond acceptors (Lipinski definition) is 3. The van der Waals surface area contributed by atoms with E-state index in [0.717, 1.165) is 25.9 Å². The summed E-state index contributed by atoms with van der Waals surface area (Å²) in [6.07, 6.45) is 3.17. The van der Waals surface area contributed by atoms with E-state index >= 15 is 0 Å². The Morgan fingerprint density at radius 1 is 1.50 bits per heavy atom. The maximum Gasteiger partial charge on any atom is 0.0883 e. The van der Waals surface area contributed by atoms with E-state index in [2.05, 4.69) is 6.92 Å². The molecule has 0 aromatic carbocycles. The Kier molecular flexibility index (Phi) is 4.35. The third kappa shape index (κ3) is 3.56. The van der Waals surface area contributed by atoms with Gasteiger partial charge in [-0.2, -0.15) is 0 Å². The van der Waals surface area contributed by atoms with E-state index in [1.807, 2.05) is 0 Å². The van der Waals surface area contributed by atoms with Gasteiger partial charge in [0.25, 0.3) is 0 Å². The van der Waals surface area contributed by atoms with Crippen LogP contribution < -0.4 is 0 Å². The Morgan fingerprint density at radius 2 is 2.21 bits per heavy atom. The van der Waals surface area contributed by atoms with Crippen molar-refractivity contribution in [1.29, 1.82) is 0 Å². The third-order valence-electron chi connectivity index (χ3n) is 2.60. The molecular weight excluding hydrogens is 180 g/mol. The molecule has 0 spiro atoms. The molecule has 1 rings (SSSR count). The largest absolute Gasteiger partial charge is 0.388 e. The van der Waals surface area contributed by atoms with E-state index in [-0.39, 0.29) is 12.2 Å². The topological polar surface area (TPSA) is 38.7 Å². The van der Waals surface area contributed by atoms with Crippen LogP contribution in [0.4, 0.5) is 0 Å². The Morgan fingerprint density at radius 3 is 2.71 bits per heavy atom. The molecule has 14 heavy (non-hydrogen) atoms. The lowest BCUT2D eigenvalue weighted by molar-refractivity contribution is -0.0607. The molecule has 1 fully saturated rings. The van der Waals surface area contributed by atoms with Gasteiger partial charge in [0.05, 0.1) is 24.4 Å². The summed E-state index contributed by atoms with van der Waals surface area (Å²) in [5, 5.41) is 9.73. The van der Waals surface area contributed by atoms with Crippen molar-refractivity contribution in [3.05, 3.63) is 0 Å². The average molecular weight is 202 g/mol. The summed E-state index contributed by atoms with van der Waals surface area (Å²) in [5.74, 6) is 0. The molecule has 0 unspecified atom stereocenters. The van der Waals surface area contributed by atoms with Gasteiger partial charge in [-0.15, -0.1) is 0 Å². The van der Waals surface area contributed by atoms with Crippen LogP contribution in [0, 0.1) is 0 Å². The van der Waals surface area contributed by atoms with E-state index in [0.29, 0.717) is 6.61 Å². The summed E-state index contributed by atoms with van der Waals surface area (Å²) in [4.78, 5) is 0. The molecule has 0 saturated carbocycles. The lowest BCUT2D eigenvalue weighted by Crippen LogP contribution is -2.35. The van der Waals surface area contributed by atoms with Crippen molar-refractivity contribution >= 4 is 0 Å². The number of aliphatic hydroxyl groups is 1. The normalized spacial score (nSPS) is 28.3. The van der Waals surface area contributed by atoms with Crippen LogP contribution in [0.3, 0.4) is 0 Å². The fourth-order valence-corrected chi connectivity index (χ4v) is 1.60. The summed E-state index contributed by atoms with van der Waals surface area (Å²) in [6.45, 7) is 7.15.